The number of pyridine rings is 1. The number of rotatable bonds is 6. The third kappa shape index (κ3) is 4.97. The van der Waals surface area contributed by atoms with Crippen molar-refractivity contribution in [1.29, 1.82) is 0 Å². The van der Waals surface area contributed by atoms with Gasteiger partial charge in [-0.2, -0.15) is 13.2 Å². The monoisotopic (exact) mass is 399 g/mol. The Kier molecular flexibility index (Phi) is 6.43. The van der Waals surface area contributed by atoms with Gasteiger partial charge in [0.05, 0.1) is 22.2 Å². The highest BCUT2D eigenvalue weighted by molar-refractivity contribution is 6.31. The number of carbonyl (C=O) groups is 2. The molecule has 27 heavy (non-hydrogen) atoms. The van der Waals surface area contributed by atoms with Crippen LogP contribution in [0.3, 0.4) is 0 Å². The Morgan fingerprint density at radius 3 is 2.52 bits per heavy atom. The quantitative estimate of drug-likeness (QED) is 0.781. The number of benzene rings is 1. The Bertz CT molecular complexity index is 856. The van der Waals surface area contributed by atoms with Crippen molar-refractivity contribution in [3.8, 4) is 0 Å². The predicted molar refractivity (Wildman–Crippen MR) is 94.3 cm³/mol. The maximum Gasteiger partial charge on any atom is 0.417 e. The number of nitrogens with one attached hydrogen (secondary N) is 1. The molecule has 0 aliphatic heterocycles. The number of amides is 2. The molecule has 9 heteroatoms. The Hall–Kier alpha value is -2.61. The molecule has 3 N–H and O–H groups in total. The number of likely N-dealkylation sites (N-methyl/N-ethyl adjacent to an activating group) is 1. The lowest BCUT2D eigenvalue weighted by atomic mass is 9.89. The van der Waals surface area contributed by atoms with E-state index in [1.807, 2.05) is 0 Å². The standard InChI is InChI=1S/C18H17ClF3N3O2/c1-2-24-17(27)13(11-5-3-4-6-12(11)16(23)26)8-15-14(19)7-10(9-25-15)18(20,21)22/h3-7,9,13H,2,8H2,1H3,(H2,23,26)(H,24,27). The fourth-order valence-corrected chi connectivity index (χ4v) is 2.87. The molecule has 2 aromatic rings. The van der Waals surface area contributed by atoms with Crippen molar-refractivity contribution in [1.82, 2.24) is 10.3 Å². The average molecular weight is 400 g/mol. The van der Waals surface area contributed by atoms with Crippen LogP contribution in [-0.2, 0) is 17.4 Å². The van der Waals surface area contributed by atoms with Gasteiger partial charge in [-0.1, -0.05) is 29.8 Å². The predicted octanol–water partition coefficient (Wildman–Crippen LogP) is 3.32. The van der Waals surface area contributed by atoms with Crippen LogP contribution in [0.5, 0.6) is 0 Å². The molecule has 0 saturated carbocycles. The van der Waals surface area contributed by atoms with Crippen molar-refractivity contribution >= 4 is 23.4 Å². The van der Waals surface area contributed by atoms with Crippen molar-refractivity contribution in [2.24, 2.45) is 5.73 Å². The van der Waals surface area contributed by atoms with Crippen molar-refractivity contribution in [2.75, 3.05) is 6.54 Å². The molecule has 5 nitrogen and oxygen atoms in total. The third-order valence-electron chi connectivity index (χ3n) is 3.91. The van der Waals surface area contributed by atoms with E-state index in [-0.39, 0.29) is 22.7 Å². The summed E-state index contributed by atoms with van der Waals surface area (Å²) in [6.07, 6.45) is -4.00. The summed E-state index contributed by atoms with van der Waals surface area (Å²) in [6.45, 7) is 2.06. The SMILES string of the molecule is CCNC(=O)C(Cc1ncc(C(F)(F)F)cc1Cl)c1ccccc1C(N)=O. The fourth-order valence-electron chi connectivity index (χ4n) is 2.63. The number of hydrogen-bond donors (Lipinski definition) is 2. The topological polar surface area (TPSA) is 85.1 Å². The molecule has 1 heterocycles. The molecule has 0 saturated heterocycles. The van der Waals surface area contributed by atoms with E-state index >= 15 is 0 Å². The zero-order valence-electron chi connectivity index (χ0n) is 14.3. The number of carbonyl (C=O) groups excluding carboxylic acids is 2. The number of halogens is 4. The summed E-state index contributed by atoms with van der Waals surface area (Å²) in [6, 6.07) is 7.04. The molecule has 2 rings (SSSR count). The van der Waals surface area contributed by atoms with E-state index in [1.165, 1.54) is 6.07 Å². The van der Waals surface area contributed by atoms with Gasteiger partial charge < -0.3 is 11.1 Å². The summed E-state index contributed by atoms with van der Waals surface area (Å²) in [5.41, 5.74) is 5.01. The maximum absolute atomic E-state index is 12.8. The number of nitrogens with two attached hydrogens (primary N) is 1. The molecule has 0 radical (unpaired) electrons. The summed E-state index contributed by atoms with van der Waals surface area (Å²) in [4.78, 5) is 28.0. The van der Waals surface area contributed by atoms with Crippen LogP contribution in [0.1, 0.15) is 40.0 Å². The van der Waals surface area contributed by atoms with Crippen LogP contribution in [0, 0.1) is 0 Å². The number of alkyl halides is 3. The molecule has 0 bridgehead atoms. The van der Waals surface area contributed by atoms with Gasteiger partial charge >= 0.3 is 6.18 Å². The van der Waals surface area contributed by atoms with Crippen molar-refractivity contribution in [2.45, 2.75) is 25.4 Å². The van der Waals surface area contributed by atoms with Gasteiger partial charge in [-0.25, -0.2) is 0 Å². The smallest absolute Gasteiger partial charge is 0.366 e. The first-order valence-corrected chi connectivity index (χ1v) is 8.41. The van der Waals surface area contributed by atoms with Crippen LogP contribution in [0.4, 0.5) is 13.2 Å². The molecule has 1 unspecified atom stereocenters. The third-order valence-corrected chi connectivity index (χ3v) is 4.24. The summed E-state index contributed by atoms with van der Waals surface area (Å²) >= 11 is 5.97. The minimum atomic E-state index is -4.58. The van der Waals surface area contributed by atoms with Gasteiger partial charge in [0.15, 0.2) is 0 Å². The summed E-state index contributed by atoms with van der Waals surface area (Å²) in [5.74, 6) is -2.02. The van der Waals surface area contributed by atoms with Gasteiger partial charge in [0.25, 0.3) is 0 Å². The van der Waals surface area contributed by atoms with Gasteiger partial charge in [-0.3, -0.25) is 14.6 Å². The van der Waals surface area contributed by atoms with Gasteiger partial charge in [0.2, 0.25) is 11.8 Å². The van der Waals surface area contributed by atoms with Crippen LogP contribution >= 0.6 is 11.6 Å². The van der Waals surface area contributed by atoms with E-state index in [0.717, 1.165) is 6.07 Å². The molecule has 2 amide bonds. The van der Waals surface area contributed by atoms with E-state index in [1.54, 1.807) is 25.1 Å². The van der Waals surface area contributed by atoms with Crippen molar-refractivity contribution < 1.29 is 22.8 Å². The molecule has 0 fully saturated rings. The van der Waals surface area contributed by atoms with Crippen molar-refractivity contribution in [3.63, 3.8) is 0 Å². The van der Waals surface area contributed by atoms with Gasteiger partial charge in [-0.05, 0) is 24.6 Å². The highest BCUT2D eigenvalue weighted by Crippen LogP contribution is 2.33. The molecular formula is C18H17ClF3N3O2. The molecule has 1 aromatic heterocycles. The Labute approximate surface area is 158 Å². The van der Waals surface area contributed by atoms with Crippen LogP contribution < -0.4 is 11.1 Å². The second kappa shape index (κ2) is 8.39. The van der Waals surface area contributed by atoms with Crippen LogP contribution in [0.15, 0.2) is 36.5 Å². The first-order valence-electron chi connectivity index (χ1n) is 8.03. The van der Waals surface area contributed by atoms with E-state index in [9.17, 15) is 22.8 Å². The molecular weight excluding hydrogens is 383 g/mol. The van der Waals surface area contributed by atoms with Crippen LogP contribution in [0.25, 0.3) is 0 Å². The lowest BCUT2D eigenvalue weighted by Crippen LogP contribution is -2.32. The van der Waals surface area contributed by atoms with Gasteiger partial charge in [-0.15, -0.1) is 0 Å². The minimum absolute atomic E-state index is 0.0902. The van der Waals surface area contributed by atoms with Gasteiger partial charge in [0.1, 0.15) is 0 Å². The zero-order valence-corrected chi connectivity index (χ0v) is 15.1. The lowest BCUT2D eigenvalue weighted by Gasteiger charge is -2.19. The van der Waals surface area contributed by atoms with E-state index in [2.05, 4.69) is 10.3 Å². The second-order valence-corrected chi connectivity index (χ2v) is 6.16. The highest BCUT2D eigenvalue weighted by atomic mass is 35.5. The van der Waals surface area contributed by atoms with Crippen molar-refractivity contribution in [3.05, 3.63) is 63.9 Å². The second-order valence-electron chi connectivity index (χ2n) is 5.75. The van der Waals surface area contributed by atoms with Crippen LogP contribution in [-0.4, -0.2) is 23.3 Å². The Morgan fingerprint density at radius 2 is 1.96 bits per heavy atom. The summed E-state index contributed by atoms with van der Waals surface area (Å²) in [5, 5.41) is 2.43. The first-order chi connectivity index (χ1) is 12.6. The normalized spacial score (nSPS) is 12.5. The Morgan fingerprint density at radius 1 is 1.30 bits per heavy atom. The zero-order chi connectivity index (χ0) is 20.2. The molecule has 0 aliphatic rings. The van der Waals surface area contributed by atoms with E-state index < -0.39 is 29.5 Å². The number of hydrogen-bond acceptors (Lipinski definition) is 3. The first kappa shape index (κ1) is 20.7. The molecule has 1 aromatic carbocycles. The Balaban J connectivity index is 2.46. The largest absolute Gasteiger partial charge is 0.417 e. The molecule has 0 spiro atoms. The number of primary amides is 1. The molecule has 0 aliphatic carbocycles. The van der Waals surface area contributed by atoms with E-state index in [4.69, 9.17) is 17.3 Å². The highest BCUT2D eigenvalue weighted by Gasteiger charge is 2.32. The lowest BCUT2D eigenvalue weighted by molar-refractivity contribution is -0.137. The minimum Gasteiger partial charge on any atom is -0.366 e. The maximum atomic E-state index is 12.8. The van der Waals surface area contributed by atoms with E-state index in [0.29, 0.717) is 18.3 Å². The molecule has 1 atom stereocenters. The van der Waals surface area contributed by atoms with Gasteiger partial charge in [0, 0.05) is 24.7 Å². The fraction of sp³-hybridized carbons (Fsp3) is 0.278. The summed E-state index contributed by atoms with van der Waals surface area (Å²) < 4.78 is 38.3. The van der Waals surface area contributed by atoms with Crippen LogP contribution in [0.2, 0.25) is 5.02 Å². The number of aromatic nitrogens is 1. The molecule has 144 valence electrons. The number of nitrogens with zero attached hydrogens (tertiary/aromatic N) is 1. The summed E-state index contributed by atoms with van der Waals surface area (Å²) in [7, 11) is 0. The average Bonchev–Trinajstić information content (AvgIpc) is 2.60.